The number of nitrogens with zero attached hydrogens (tertiary/aromatic N) is 1. The highest BCUT2D eigenvalue weighted by atomic mass is 35.5. The van der Waals surface area contributed by atoms with Gasteiger partial charge in [0, 0.05) is 23.6 Å². The van der Waals surface area contributed by atoms with Crippen LogP contribution in [0.5, 0.6) is 0 Å². The first-order chi connectivity index (χ1) is 14.1. The van der Waals surface area contributed by atoms with E-state index in [2.05, 4.69) is 0 Å². The molecule has 0 aliphatic carbocycles. The number of β-amino-alcohol motifs (C(OH)–C–C–N with tert-alkyl or cyclic N) is 1. The molecule has 1 N–H and O–H groups in total. The molecule has 1 heterocycles. The van der Waals surface area contributed by atoms with E-state index in [9.17, 15) is 31.9 Å². The number of hydrogen-bond donors (Lipinski definition) is 1. The maximum Gasteiger partial charge on any atom is 0.325 e. The molecule has 1 aliphatic rings. The molecule has 160 valence electrons. The molecule has 11 heteroatoms. The number of aliphatic hydroxyl groups is 1. The van der Waals surface area contributed by atoms with Gasteiger partial charge in [0.15, 0.2) is 24.0 Å². The van der Waals surface area contributed by atoms with Gasteiger partial charge in [0.25, 0.3) is 0 Å². The topological polar surface area (TPSA) is 101 Å². The first-order valence-corrected chi connectivity index (χ1v) is 10.5. The molecule has 2 aromatic carbocycles. The monoisotopic (exact) mass is 459 g/mol. The number of rotatable bonds is 6. The zero-order valence-corrected chi connectivity index (χ0v) is 16.9. The fourth-order valence-corrected chi connectivity index (χ4v) is 4.74. The van der Waals surface area contributed by atoms with E-state index in [0.29, 0.717) is 11.1 Å². The molecule has 3 rings (SSSR count). The minimum absolute atomic E-state index is 0.128. The van der Waals surface area contributed by atoms with Gasteiger partial charge in [-0.1, -0.05) is 11.6 Å². The summed E-state index contributed by atoms with van der Waals surface area (Å²) in [6.45, 7) is -1.13. The lowest BCUT2D eigenvalue weighted by Gasteiger charge is -2.22. The highest BCUT2D eigenvalue weighted by Crippen LogP contribution is 2.28. The molecule has 0 amide bonds. The van der Waals surface area contributed by atoms with E-state index >= 15 is 0 Å². The number of halogens is 3. The summed E-state index contributed by atoms with van der Waals surface area (Å²) < 4.78 is 57.6. The molecule has 0 radical (unpaired) electrons. The summed E-state index contributed by atoms with van der Waals surface area (Å²) in [5.74, 6) is -4.20. The third kappa shape index (κ3) is 4.67. The number of Topliss-reactive ketones (excluding diaryl/α,β-unsaturated/α-hetero) is 1. The van der Waals surface area contributed by atoms with Crippen molar-refractivity contribution in [1.29, 1.82) is 0 Å². The number of hydrogen-bond acceptors (Lipinski definition) is 6. The van der Waals surface area contributed by atoms with Crippen LogP contribution in [-0.2, 0) is 19.6 Å². The Balaban J connectivity index is 1.73. The number of sulfonamides is 1. The molecule has 1 saturated heterocycles. The van der Waals surface area contributed by atoms with Crippen molar-refractivity contribution < 1.29 is 36.6 Å². The second kappa shape index (κ2) is 8.76. The lowest BCUT2D eigenvalue weighted by Crippen LogP contribution is -2.41. The summed E-state index contributed by atoms with van der Waals surface area (Å²) in [5, 5.41) is 10.2. The molecule has 0 aromatic heterocycles. The fourth-order valence-electron chi connectivity index (χ4n) is 2.99. The standard InChI is InChI=1S/C19H16ClF2NO6S/c20-12-2-4-14(5-3-12)30(27,28)23-9-13(24)8-17(23)19(26)29-10-18(25)11-1-6-15(21)16(22)7-11/h1-7,13,17,24H,8-10H2/t13-,17-/m1/s1. The van der Waals surface area contributed by atoms with Crippen LogP contribution < -0.4 is 0 Å². The summed E-state index contributed by atoms with van der Waals surface area (Å²) in [5.41, 5.74) is -0.209. The number of carbonyl (C=O) groups is 2. The SMILES string of the molecule is O=C(COC(=O)[C@H]1C[C@@H](O)CN1S(=O)(=O)c1ccc(Cl)cc1)c1ccc(F)c(F)c1. The van der Waals surface area contributed by atoms with Gasteiger partial charge in [-0.15, -0.1) is 0 Å². The quantitative estimate of drug-likeness (QED) is 0.525. The summed E-state index contributed by atoms with van der Waals surface area (Å²) in [7, 11) is -4.15. The van der Waals surface area contributed by atoms with Crippen molar-refractivity contribution in [2.45, 2.75) is 23.5 Å². The Kier molecular flexibility index (Phi) is 6.51. The Hall–Kier alpha value is -2.40. The average molecular weight is 460 g/mol. The first kappa shape index (κ1) is 22.3. The van der Waals surface area contributed by atoms with Crippen LogP contribution in [0.15, 0.2) is 47.4 Å². The fraction of sp³-hybridized carbons (Fsp3) is 0.263. The molecular formula is C19H16ClF2NO6S. The molecule has 0 unspecified atom stereocenters. The zero-order valence-electron chi connectivity index (χ0n) is 15.3. The minimum atomic E-state index is -4.15. The minimum Gasteiger partial charge on any atom is -0.456 e. The number of aliphatic hydroxyl groups excluding tert-OH is 1. The van der Waals surface area contributed by atoms with Crippen LogP contribution in [0.25, 0.3) is 0 Å². The smallest absolute Gasteiger partial charge is 0.325 e. The van der Waals surface area contributed by atoms with Gasteiger partial charge >= 0.3 is 5.97 Å². The van der Waals surface area contributed by atoms with Gasteiger partial charge in [-0.3, -0.25) is 9.59 Å². The predicted octanol–water partition coefficient (Wildman–Crippen LogP) is 2.17. The molecule has 2 atom stereocenters. The lowest BCUT2D eigenvalue weighted by atomic mass is 10.1. The number of ether oxygens (including phenoxy) is 1. The summed E-state index contributed by atoms with van der Waals surface area (Å²) in [6, 6.07) is 6.38. The average Bonchev–Trinajstić information content (AvgIpc) is 3.11. The Morgan fingerprint density at radius 1 is 1.13 bits per heavy atom. The van der Waals surface area contributed by atoms with Crippen LogP contribution in [0.3, 0.4) is 0 Å². The summed E-state index contributed by atoms with van der Waals surface area (Å²) in [6.07, 6.45) is -1.32. The van der Waals surface area contributed by atoms with Crippen molar-refractivity contribution in [2.75, 3.05) is 13.2 Å². The number of esters is 1. The Bertz CT molecular complexity index is 1080. The molecule has 30 heavy (non-hydrogen) atoms. The summed E-state index contributed by atoms with van der Waals surface area (Å²) in [4.78, 5) is 24.4. The summed E-state index contributed by atoms with van der Waals surface area (Å²) >= 11 is 5.76. The van der Waals surface area contributed by atoms with Crippen molar-refractivity contribution in [3.8, 4) is 0 Å². The third-order valence-electron chi connectivity index (χ3n) is 4.51. The zero-order chi connectivity index (χ0) is 22.1. The van der Waals surface area contributed by atoms with E-state index in [4.69, 9.17) is 16.3 Å². The van der Waals surface area contributed by atoms with E-state index in [0.717, 1.165) is 16.4 Å². The molecule has 2 aromatic rings. The van der Waals surface area contributed by atoms with Gasteiger partial charge in [-0.2, -0.15) is 4.31 Å². The normalized spacial score (nSPS) is 19.6. The molecule has 1 fully saturated rings. The van der Waals surface area contributed by atoms with Crippen LogP contribution in [-0.4, -0.2) is 54.9 Å². The van der Waals surface area contributed by atoms with Gasteiger partial charge in [0.1, 0.15) is 6.04 Å². The van der Waals surface area contributed by atoms with Crippen molar-refractivity contribution in [3.63, 3.8) is 0 Å². The lowest BCUT2D eigenvalue weighted by molar-refractivity contribution is -0.146. The molecular weight excluding hydrogens is 444 g/mol. The van der Waals surface area contributed by atoms with Gasteiger partial charge in [-0.05, 0) is 42.5 Å². The van der Waals surface area contributed by atoms with Gasteiger partial charge < -0.3 is 9.84 Å². The second-order valence-electron chi connectivity index (χ2n) is 6.59. The van der Waals surface area contributed by atoms with E-state index in [1.165, 1.54) is 24.3 Å². The molecule has 0 bridgehead atoms. The van der Waals surface area contributed by atoms with Crippen molar-refractivity contribution in [2.24, 2.45) is 0 Å². The molecule has 0 saturated carbocycles. The van der Waals surface area contributed by atoms with Crippen LogP contribution in [0.2, 0.25) is 5.02 Å². The Labute approximate surface area is 175 Å². The number of benzene rings is 2. The maximum atomic E-state index is 13.3. The molecule has 1 aliphatic heterocycles. The predicted molar refractivity (Wildman–Crippen MR) is 101 cm³/mol. The Morgan fingerprint density at radius 3 is 2.43 bits per heavy atom. The van der Waals surface area contributed by atoms with Crippen molar-refractivity contribution in [3.05, 3.63) is 64.7 Å². The van der Waals surface area contributed by atoms with Crippen molar-refractivity contribution in [1.82, 2.24) is 4.31 Å². The Morgan fingerprint density at radius 2 is 1.80 bits per heavy atom. The van der Waals surface area contributed by atoms with Crippen LogP contribution in [0.1, 0.15) is 16.8 Å². The largest absolute Gasteiger partial charge is 0.456 e. The first-order valence-electron chi connectivity index (χ1n) is 8.70. The van der Waals surface area contributed by atoms with Gasteiger partial charge in [0.2, 0.25) is 10.0 Å². The van der Waals surface area contributed by atoms with E-state index in [1.54, 1.807) is 0 Å². The van der Waals surface area contributed by atoms with Crippen LogP contribution in [0, 0.1) is 11.6 Å². The van der Waals surface area contributed by atoms with E-state index in [-0.39, 0.29) is 23.4 Å². The van der Waals surface area contributed by atoms with Gasteiger partial charge in [0.05, 0.1) is 11.0 Å². The number of carbonyl (C=O) groups excluding carboxylic acids is 2. The highest BCUT2D eigenvalue weighted by molar-refractivity contribution is 7.89. The highest BCUT2D eigenvalue weighted by Gasteiger charge is 2.44. The van der Waals surface area contributed by atoms with E-state index in [1.807, 2.05) is 0 Å². The van der Waals surface area contributed by atoms with Crippen LogP contribution >= 0.6 is 11.6 Å². The second-order valence-corrected chi connectivity index (χ2v) is 8.92. The van der Waals surface area contributed by atoms with Crippen molar-refractivity contribution >= 4 is 33.4 Å². The van der Waals surface area contributed by atoms with Crippen LogP contribution in [0.4, 0.5) is 8.78 Å². The number of ketones is 1. The van der Waals surface area contributed by atoms with E-state index < -0.39 is 52.2 Å². The molecule has 7 nitrogen and oxygen atoms in total. The molecule has 0 spiro atoms. The maximum absolute atomic E-state index is 13.3. The van der Waals surface area contributed by atoms with Gasteiger partial charge in [-0.25, -0.2) is 17.2 Å². The third-order valence-corrected chi connectivity index (χ3v) is 6.65.